The van der Waals surface area contributed by atoms with Gasteiger partial charge in [0.05, 0.1) is 15.4 Å². The highest BCUT2D eigenvalue weighted by Crippen LogP contribution is 2.28. The molecular weight excluding hydrogens is 280 g/mol. The molecular formula is C13H8N2O6. The molecule has 0 heterocycles. The first-order valence-corrected chi connectivity index (χ1v) is 5.69. The van der Waals surface area contributed by atoms with Crippen LogP contribution in [0, 0.1) is 20.2 Å². The summed E-state index contributed by atoms with van der Waals surface area (Å²) >= 11 is 0. The van der Waals surface area contributed by atoms with E-state index in [1.807, 2.05) is 0 Å². The third kappa shape index (κ3) is 3.18. The molecule has 106 valence electrons. The van der Waals surface area contributed by atoms with Gasteiger partial charge in [-0.3, -0.25) is 20.2 Å². The predicted molar refractivity (Wildman–Crippen MR) is 71.2 cm³/mol. The second-order valence-corrected chi connectivity index (χ2v) is 3.92. The van der Waals surface area contributed by atoms with E-state index in [1.165, 1.54) is 12.1 Å². The number of nitrogens with zero attached hydrogens (tertiary/aromatic N) is 2. The van der Waals surface area contributed by atoms with Crippen LogP contribution in [0.2, 0.25) is 0 Å². The van der Waals surface area contributed by atoms with Gasteiger partial charge in [0.25, 0.3) is 0 Å². The van der Waals surface area contributed by atoms with Gasteiger partial charge < -0.3 is 4.74 Å². The summed E-state index contributed by atoms with van der Waals surface area (Å²) in [6, 6.07) is 10.9. The molecule has 8 heteroatoms. The summed E-state index contributed by atoms with van der Waals surface area (Å²) in [6.07, 6.45) is 0. The van der Waals surface area contributed by atoms with E-state index < -0.39 is 27.2 Å². The highest BCUT2D eigenvalue weighted by atomic mass is 16.6. The number of carbonyl (C=O) groups is 1. The van der Waals surface area contributed by atoms with Crippen LogP contribution in [-0.4, -0.2) is 15.8 Å². The van der Waals surface area contributed by atoms with Gasteiger partial charge in [0.15, 0.2) is 0 Å². The van der Waals surface area contributed by atoms with Crippen LogP contribution < -0.4 is 4.74 Å². The Morgan fingerprint density at radius 3 is 2.10 bits per heavy atom. The van der Waals surface area contributed by atoms with E-state index in [0.29, 0.717) is 0 Å². The van der Waals surface area contributed by atoms with Crippen LogP contribution in [0.1, 0.15) is 10.4 Å². The monoisotopic (exact) mass is 288 g/mol. The fourth-order valence-corrected chi connectivity index (χ4v) is 1.61. The summed E-state index contributed by atoms with van der Waals surface area (Å²) in [5, 5.41) is 21.5. The molecule has 0 saturated carbocycles. The van der Waals surface area contributed by atoms with Crippen LogP contribution in [0.15, 0.2) is 48.5 Å². The van der Waals surface area contributed by atoms with Gasteiger partial charge in [0, 0.05) is 12.1 Å². The minimum absolute atomic E-state index is 0.142. The van der Waals surface area contributed by atoms with Gasteiger partial charge in [0.1, 0.15) is 5.75 Å². The molecule has 0 unspecified atom stereocenters. The quantitative estimate of drug-likeness (QED) is 0.370. The molecule has 0 amide bonds. The molecule has 0 aliphatic heterocycles. The van der Waals surface area contributed by atoms with Crippen LogP contribution in [0.3, 0.4) is 0 Å². The van der Waals surface area contributed by atoms with Crippen molar-refractivity contribution in [2.24, 2.45) is 0 Å². The summed E-state index contributed by atoms with van der Waals surface area (Å²) in [6.45, 7) is 0. The Labute approximate surface area is 117 Å². The van der Waals surface area contributed by atoms with E-state index in [0.717, 1.165) is 18.2 Å². The minimum Gasteiger partial charge on any atom is -0.423 e. The SMILES string of the molecule is O=C(Oc1ccccc1)c1ccc([N+](=O)[O-])c([N+](=O)[O-])c1. The zero-order valence-corrected chi connectivity index (χ0v) is 10.5. The fourth-order valence-electron chi connectivity index (χ4n) is 1.61. The lowest BCUT2D eigenvalue weighted by molar-refractivity contribution is -0.422. The maximum atomic E-state index is 11.9. The molecule has 0 aromatic heterocycles. The number of para-hydroxylation sites is 1. The fraction of sp³-hybridized carbons (Fsp3) is 0. The van der Waals surface area contributed by atoms with Crippen molar-refractivity contribution in [3.05, 3.63) is 74.3 Å². The molecule has 0 atom stereocenters. The Morgan fingerprint density at radius 1 is 0.905 bits per heavy atom. The summed E-state index contributed by atoms with van der Waals surface area (Å²) in [4.78, 5) is 31.5. The van der Waals surface area contributed by atoms with Gasteiger partial charge >= 0.3 is 17.3 Å². The molecule has 0 spiro atoms. The molecule has 8 nitrogen and oxygen atoms in total. The number of benzene rings is 2. The van der Waals surface area contributed by atoms with E-state index in [9.17, 15) is 25.0 Å². The summed E-state index contributed by atoms with van der Waals surface area (Å²) in [5.41, 5.74) is -1.59. The lowest BCUT2D eigenvalue weighted by atomic mass is 10.2. The zero-order valence-electron chi connectivity index (χ0n) is 10.5. The average Bonchev–Trinajstić information content (AvgIpc) is 2.47. The Bertz CT molecular complexity index is 714. The van der Waals surface area contributed by atoms with Crippen molar-refractivity contribution < 1.29 is 19.4 Å². The van der Waals surface area contributed by atoms with Crippen LogP contribution >= 0.6 is 0 Å². The van der Waals surface area contributed by atoms with Crippen molar-refractivity contribution >= 4 is 17.3 Å². The second-order valence-electron chi connectivity index (χ2n) is 3.92. The van der Waals surface area contributed by atoms with Gasteiger partial charge in [-0.15, -0.1) is 0 Å². The lowest BCUT2D eigenvalue weighted by Gasteiger charge is -2.04. The first kappa shape index (κ1) is 14.1. The molecule has 0 aliphatic rings. The van der Waals surface area contributed by atoms with Crippen LogP contribution in [0.25, 0.3) is 0 Å². The number of nitro benzene ring substituents is 2. The van der Waals surface area contributed by atoms with Crippen molar-refractivity contribution in [3.8, 4) is 5.75 Å². The zero-order chi connectivity index (χ0) is 15.4. The van der Waals surface area contributed by atoms with Crippen LogP contribution in [-0.2, 0) is 0 Å². The van der Waals surface area contributed by atoms with Crippen LogP contribution in [0.4, 0.5) is 11.4 Å². The van der Waals surface area contributed by atoms with Crippen molar-refractivity contribution in [3.63, 3.8) is 0 Å². The van der Waals surface area contributed by atoms with E-state index in [2.05, 4.69) is 0 Å². The van der Waals surface area contributed by atoms with Crippen molar-refractivity contribution in [1.29, 1.82) is 0 Å². The van der Waals surface area contributed by atoms with E-state index in [1.54, 1.807) is 18.2 Å². The van der Waals surface area contributed by atoms with Gasteiger partial charge in [-0.1, -0.05) is 18.2 Å². The number of hydrogen-bond acceptors (Lipinski definition) is 6. The first-order valence-electron chi connectivity index (χ1n) is 5.69. The van der Waals surface area contributed by atoms with Crippen LogP contribution in [0.5, 0.6) is 5.75 Å². The van der Waals surface area contributed by atoms with Gasteiger partial charge in [0.2, 0.25) is 0 Å². The van der Waals surface area contributed by atoms with Gasteiger partial charge in [-0.05, 0) is 18.2 Å². The molecule has 0 saturated heterocycles. The molecule has 21 heavy (non-hydrogen) atoms. The number of carbonyl (C=O) groups excluding carboxylic acids is 1. The maximum absolute atomic E-state index is 11.9. The first-order chi connectivity index (χ1) is 9.99. The molecule has 0 N–H and O–H groups in total. The highest BCUT2D eigenvalue weighted by Gasteiger charge is 2.26. The van der Waals surface area contributed by atoms with Crippen molar-refractivity contribution in [1.82, 2.24) is 0 Å². The van der Waals surface area contributed by atoms with E-state index >= 15 is 0 Å². The number of ether oxygens (including phenoxy) is 1. The average molecular weight is 288 g/mol. The Morgan fingerprint density at radius 2 is 1.52 bits per heavy atom. The maximum Gasteiger partial charge on any atom is 0.346 e. The van der Waals surface area contributed by atoms with Gasteiger partial charge in [-0.2, -0.15) is 0 Å². The Kier molecular flexibility index (Phi) is 3.89. The van der Waals surface area contributed by atoms with E-state index in [4.69, 9.17) is 4.74 Å². The Hall–Kier alpha value is -3.29. The summed E-state index contributed by atoms with van der Waals surface area (Å²) < 4.78 is 5.00. The smallest absolute Gasteiger partial charge is 0.346 e. The molecule has 2 aromatic carbocycles. The largest absolute Gasteiger partial charge is 0.423 e. The standard InChI is InChI=1S/C13H8N2O6/c16-13(21-10-4-2-1-3-5-10)9-6-7-11(14(17)18)12(8-9)15(19)20/h1-8H. The summed E-state index contributed by atoms with van der Waals surface area (Å²) in [7, 11) is 0. The third-order valence-electron chi connectivity index (χ3n) is 2.56. The van der Waals surface area contributed by atoms with Crippen molar-refractivity contribution in [2.45, 2.75) is 0 Å². The van der Waals surface area contributed by atoms with Gasteiger partial charge in [-0.25, -0.2) is 4.79 Å². The van der Waals surface area contributed by atoms with E-state index in [-0.39, 0.29) is 11.3 Å². The number of rotatable bonds is 4. The minimum atomic E-state index is -0.919. The molecule has 2 rings (SSSR count). The third-order valence-corrected chi connectivity index (χ3v) is 2.56. The molecule has 0 bridgehead atoms. The number of hydrogen-bond donors (Lipinski definition) is 0. The topological polar surface area (TPSA) is 113 Å². The molecule has 0 fully saturated rings. The lowest BCUT2D eigenvalue weighted by Crippen LogP contribution is -2.09. The second kappa shape index (κ2) is 5.78. The Balaban J connectivity index is 2.32. The normalized spacial score (nSPS) is 9.90. The highest BCUT2D eigenvalue weighted by molar-refractivity contribution is 5.92. The molecule has 2 aromatic rings. The number of nitro groups is 2. The molecule has 0 aliphatic carbocycles. The van der Waals surface area contributed by atoms with Crippen molar-refractivity contribution in [2.75, 3.05) is 0 Å². The number of esters is 1. The summed E-state index contributed by atoms with van der Waals surface area (Å²) in [5.74, 6) is -0.567. The predicted octanol–water partition coefficient (Wildman–Crippen LogP) is 2.72. The molecule has 0 radical (unpaired) electrons.